The Morgan fingerprint density at radius 2 is 2.00 bits per heavy atom. The van der Waals surface area contributed by atoms with Crippen LogP contribution in [0.4, 0.5) is 0 Å². The predicted molar refractivity (Wildman–Crippen MR) is 71.3 cm³/mol. The second-order valence-corrected chi connectivity index (χ2v) is 4.68. The third kappa shape index (κ3) is 2.37. The average molecular weight is 243 g/mol. The molecule has 0 bridgehead atoms. The van der Waals surface area contributed by atoms with Gasteiger partial charge in [0.05, 0.1) is 23.1 Å². The lowest BCUT2D eigenvalue weighted by Gasteiger charge is -2.11. The van der Waals surface area contributed by atoms with E-state index >= 15 is 0 Å². The molecule has 1 aromatic heterocycles. The van der Waals surface area contributed by atoms with E-state index in [0.29, 0.717) is 6.73 Å². The zero-order chi connectivity index (χ0) is 12.2. The summed E-state index contributed by atoms with van der Waals surface area (Å²) < 4.78 is 1.97. The van der Waals surface area contributed by atoms with Gasteiger partial charge in [0.15, 0.2) is 6.73 Å². The van der Waals surface area contributed by atoms with Crippen molar-refractivity contribution >= 4 is 16.7 Å². The Bertz CT molecular complexity index is 551. The van der Waals surface area contributed by atoms with Crippen molar-refractivity contribution < 1.29 is 4.84 Å². The first-order valence-corrected chi connectivity index (χ1v) is 6.51. The van der Waals surface area contributed by atoms with Crippen LogP contribution >= 0.6 is 0 Å². The Morgan fingerprint density at radius 1 is 1.17 bits per heavy atom. The Balaban J connectivity index is 1.66. The summed E-state index contributed by atoms with van der Waals surface area (Å²) in [7, 11) is 0. The van der Waals surface area contributed by atoms with Crippen LogP contribution in [0.15, 0.2) is 35.7 Å². The molecule has 0 saturated heterocycles. The average Bonchev–Trinajstić information content (AvgIpc) is 2.84. The minimum Gasteiger partial charge on any atom is -0.374 e. The van der Waals surface area contributed by atoms with Crippen LogP contribution < -0.4 is 0 Å². The van der Waals surface area contributed by atoms with Crippen LogP contribution in [0.3, 0.4) is 0 Å². The second kappa shape index (κ2) is 5.21. The Labute approximate surface area is 106 Å². The highest BCUT2D eigenvalue weighted by Crippen LogP contribution is 2.15. The Kier molecular flexibility index (Phi) is 3.26. The summed E-state index contributed by atoms with van der Waals surface area (Å²) in [5, 5.41) is 4.23. The van der Waals surface area contributed by atoms with E-state index in [9.17, 15) is 0 Å². The molecule has 4 heteroatoms. The van der Waals surface area contributed by atoms with Crippen molar-refractivity contribution in [1.29, 1.82) is 0 Å². The van der Waals surface area contributed by atoms with E-state index in [-0.39, 0.29) is 0 Å². The van der Waals surface area contributed by atoms with Crippen molar-refractivity contribution in [2.24, 2.45) is 5.16 Å². The van der Waals surface area contributed by atoms with Crippen LogP contribution in [0.5, 0.6) is 0 Å². The Morgan fingerprint density at radius 3 is 2.89 bits per heavy atom. The normalized spacial score (nSPS) is 15.9. The maximum Gasteiger partial charge on any atom is 0.194 e. The van der Waals surface area contributed by atoms with Gasteiger partial charge >= 0.3 is 0 Å². The number of hydrogen-bond donors (Lipinski definition) is 0. The highest BCUT2D eigenvalue weighted by Gasteiger charge is 2.07. The maximum absolute atomic E-state index is 5.44. The summed E-state index contributed by atoms with van der Waals surface area (Å²) in [6, 6.07) is 8.04. The first kappa shape index (κ1) is 11.3. The minimum absolute atomic E-state index is 0.435. The molecule has 0 unspecified atom stereocenters. The van der Waals surface area contributed by atoms with E-state index in [0.717, 1.165) is 23.9 Å². The fourth-order valence-corrected chi connectivity index (χ4v) is 2.35. The molecule has 1 aromatic carbocycles. The zero-order valence-corrected chi connectivity index (χ0v) is 10.4. The largest absolute Gasteiger partial charge is 0.374 e. The molecule has 3 rings (SSSR count). The number of imidazole rings is 1. The summed E-state index contributed by atoms with van der Waals surface area (Å²) >= 11 is 0. The molecule has 0 radical (unpaired) electrons. The predicted octanol–water partition coefficient (Wildman–Crippen LogP) is 3.33. The van der Waals surface area contributed by atoms with E-state index in [4.69, 9.17) is 4.84 Å². The lowest BCUT2D eigenvalue weighted by molar-refractivity contribution is 0.0852. The van der Waals surface area contributed by atoms with Gasteiger partial charge in [-0.15, -0.1) is 0 Å². The lowest BCUT2D eigenvalue weighted by atomic mass is 9.99. The lowest BCUT2D eigenvalue weighted by Crippen LogP contribution is -2.06. The smallest absolute Gasteiger partial charge is 0.194 e. The molecule has 0 N–H and O–H groups in total. The first-order chi connectivity index (χ1) is 8.93. The van der Waals surface area contributed by atoms with Crippen LogP contribution in [-0.4, -0.2) is 15.3 Å². The molecule has 0 spiro atoms. The molecule has 1 aliphatic carbocycles. The summed E-state index contributed by atoms with van der Waals surface area (Å²) in [4.78, 5) is 9.76. The van der Waals surface area contributed by atoms with Crippen molar-refractivity contribution in [3.63, 3.8) is 0 Å². The molecule has 1 saturated carbocycles. The molecule has 0 amide bonds. The van der Waals surface area contributed by atoms with Crippen LogP contribution in [-0.2, 0) is 11.6 Å². The number of benzene rings is 1. The van der Waals surface area contributed by atoms with Crippen molar-refractivity contribution in [3.05, 3.63) is 30.6 Å². The summed E-state index contributed by atoms with van der Waals surface area (Å²) in [6.07, 6.45) is 7.79. The number of oxime groups is 1. The van der Waals surface area contributed by atoms with Gasteiger partial charge in [0.2, 0.25) is 0 Å². The van der Waals surface area contributed by atoms with E-state index in [1.54, 1.807) is 6.33 Å². The van der Waals surface area contributed by atoms with Crippen molar-refractivity contribution in [2.75, 3.05) is 0 Å². The zero-order valence-electron chi connectivity index (χ0n) is 10.4. The highest BCUT2D eigenvalue weighted by atomic mass is 16.6. The maximum atomic E-state index is 5.44. The van der Waals surface area contributed by atoms with Gasteiger partial charge in [0, 0.05) is 0 Å². The number of rotatable bonds is 3. The topological polar surface area (TPSA) is 39.4 Å². The number of hydrogen-bond acceptors (Lipinski definition) is 3. The molecule has 94 valence electrons. The van der Waals surface area contributed by atoms with Gasteiger partial charge in [-0.1, -0.05) is 23.7 Å². The summed E-state index contributed by atoms with van der Waals surface area (Å²) in [6.45, 7) is 0.435. The number of nitrogens with zero attached hydrogens (tertiary/aromatic N) is 3. The standard InChI is InChI=1S/C14H17N3O/c1-2-6-12(7-3-1)16-18-11-17-10-15-13-8-4-5-9-14(13)17/h4-5,8-10H,1-3,6-7,11H2. The minimum atomic E-state index is 0.435. The number of para-hydroxylation sites is 2. The van der Waals surface area contributed by atoms with Gasteiger partial charge in [-0.3, -0.25) is 4.57 Å². The SMILES string of the molecule is c1ccc2c(c1)ncn2CON=C1CCCCC1. The number of fused-ring (bicyclic) bond motifs is 1. The van der Waals surface area contributed by atoms with Gasteiger partial charge < -0.3 is 4.84 Å². The van der Waals surface area contributed by atoms with Gasteiger partial charge in [-0.05, 0) is 37.8 Å². The fourth-order valence-electron chi connectivity index (χ4n) is 2.35. The van der Waals surface area contributed by atoms with Crippen LogP contribution in [0.2, 0.25) is 0 Å². The van der Waals surface area contributed by atoms with Crippen molar-refractivity contribution in [2.45, 2.75) is 38.8 Å². The van der Waals surface area contributed by atoms with Gasteiger partial charge in [-0.2, -0.15) is 0 Å². The molecular formula is C14H17N3O. The third-order valence-electron chi connectivity index (χ3n) is 3.35. The first-order valence-electron chi connectivity index (χ1n) is 6.51. The van der Waals surface area contributed by atoms with Gasteiger partial charge in [0.1, 0.15) is 0 Å². The molecule has 0 atom stereocenters. The van der Waals surface area contributed by atoms with Crippen LogP contribution in [0.1, 0.15) is 32.1 Å². The summed E-state index contributed by atoms with van der Waals surface area (Å²) in [5.74, 6) is 0. The van der Waals surface area contributed by atoms with Crippen LogP contribution in [0.25, 0.3) is 11.0 Å². The fraction of sp³-hybridized carbons (Fsp3) is 0.429. The van der Waals surface area contributed by atoms with Gasteiger partial charge in [0.25, 0.3) is 0 Å². The quantitative estimate of drug-likeness (QED) is 0.776. The van der Waals surface area contributed by atoms with Crippen LogP contribution in [0, 0.1) is 0 Å². The van der Waals surface area contributed by atoms with E-state index < -0.39 is 0 Å². The summed E-state index contributed by atoms with van der Waals surface area (Å²) in [5.41, 5.74) is 3.28. The highest BCUT2D eigenvalue weighted by molar-refractivity contribution is 5.84. The van der Waals surface area contributed by atoms with Crippen molar-refractivity contribution in [3.8, 4) is 0 Å². The number of aromatic nitrogens is 2. The Hall–Kier alpha value is -1.84. The van der Waals surface area contributed by atoms with E-state index in [2.05, 4.69) is 10.1 Å². The molecule has 1 fully saturated rings. The van der Waals surface area contributed by atoms with Gasteiger partial charge in [-0.25, -0.2) is 4.98 Å². The molecule has 1 aliphatic rings. The molecule has 1 heterocycles. The molecule has 4 nitrogen and oxygen atoms in total. The molecule has 18 heavy (non-hydrogen) atoms. The van der Waals surface area contributed by atoms with Crippen molar-refractivity contribution in [1.82, 2.24) is 9.55 Å². The second-order valence-electron chi connectivity index (χ2n) is 4.68. The monoisotopic (exact) mass is 243 g/mol. The molecule has 0 aliphatic heterocycles. The molecule has 2 aromatic rings. The third-order valence-corrected chi connectivity index (χ3v) is 3.35. The molecular weight excluding hydrogens is 226 g/mol. The van der Waals surface area contributed by atoms with E-state index in [1.807, 2.05) is 28.8 Å². The van der Waals surface area contributed by atoms with E-state index in [1.165, 1.54) is 25.0 Å².